The second kappa shape index (κ2) is 6.70. The largest absolute Gasteiger partial charge is 0.380 e. The summed E-state index contributed by atoms with van der Waals surface area (Å²) in [5.74, 6) is -0.0687. The Hall–Kier alpha value is -2.19. The normalized spacial score (nSPS) is 26.2. The average Bonchev–Trinajstić information content (AvgIpc) is 3.09. The highest BCUT2D eigenvalue weighted by Crippen LogP contribution is 2.50. The van der Waals surface area contributed by atoms with Gasteiger partial charge in [0.1, 0.15) is 10.8 Å². The fourth-order valence-electron chi connectivity index (χ4n) is 3.51. The van der Waals surface area contributed by atoms with Crippen LogP contribution in [-0.4, -0.2) is 49.2 Å². The smallest absolute Gasteiger partial charge is 0.245 e. The highest BCUT2D eigenvalue weighted by Gasteiger charge is 2.56. The third-order valence-electron chi connectivity index (χ3n) is 5.02. The Bertz CT molecular complexity index is 1120. The van der Waals surface area contributed by atoms with E-state index in [4.69, 9.17) is 28.6 Å². The standard InChI is InChI=1S/C17H16ClN5O3S2/c1-20-11-5-10(7-21-8-11)13-6-12(18)15(27-13)17-3-4-26-9-14(17)28(24,25)23(2)16(19)22-17/h5-8,14H,3-4,9H2,2H3,(H2,19,22)/t14?,17-/m0/s1. The fourth-order valence-corrected chi connectivity index (χ4v) is 7.02. The van der Waals surface area contributed by atoms with Crippen molar-refractivity contribution in [2.75, 3.05) is 20.3 Å². The molecule has 28 heavy (non-hydrogen) atoms. The predicted molar refractivity (Wildman–Crippen MR) is 108 cm³/mol. The minimum atomic E-state index is -3.75. The van der Waals surface area contributed by atoms with E-state index < -0.39 is 20.8 Å². The zero-order valence-electron chi connectivity index (χ0n) is 14.8. The lowest BCUT2D eigenvalue weighted by molar-refractivity contribution is 0.0545. The summed E-state index contributed by atoms with van der Waals surface area (Å²) in [6, 6.07) is 3.47. The van der Waals surface area contributed by atoms with E-state index >= 15 is 0 Å². The molecule has 2 aromatic rings. The molecule has 0 aromatic carbocycles. The molecule has 0 aliphatic carbocycles. The summed E-state index contributed by atoms with van der Waals surface area (Å²) in [5, 5.41) is -0.501. The zero-order valence-corrected chi connectivity index (χ0v) is 17.2. The number of hydrogen-bond acceptors (Lipinski definition) is 7. The van der Waals surface area contributed by atoms with Crippen molar-refractivity contribution in [3.63, 3.8) is 0 Å². The lowest BCUT2D eigenvalue weighted by atomic mass is 9.88. The van der Waals surface area contributed by atoms with Crippen molar-refractivity contribution in [1.82, 2.24) is 9.29 Å². The summed E-state index contributed by atoms with van der Waals surface area (Å²) in [5.41, 5.74) is 6.01. The predicted octanol–water partition coefficient (Wildman–Crippen LogP) is 2.59. The van der Waals surface area contributed by atoms with Crippen molar-refractivity contribution in [3.8, 4) is 10.4 Å². The minimum absolute atomic E-state index is 0.0157. The Balaban J connectivity index is 1.90. The maximum atomic E-state index is 13.0. The van der Waals surface area contributed by atoms with Crippen molar-refractivity contribution < 1.29 is 13.2 Å². The van der Waals surface area contributed by atoms with Crippen LogP contribution in [0, 0.1) is 6.57 Å². The summed E-state index contributed by atoms with van der Waals surface area (Å²) in [7, 11) is -2.37. The Morgan fingerprint density at radius 2 is 2.25 bits per heavy atom. The van der Waals surface area contributed by atoms with E-state index in [1.54, 1.807) is 18.3 Å². The first-order valence-corrected chi connectivity index (χ1v) is 11.0. The molecule has 2 atom stereocenters. The third-order valence-corrected chi connectivity index (χ3v) is 8.98. The molecule has 2 aromatic heterocycles. The summed E-state index contributed by atoms with van der Waals surface area (Å²) in [6.07, 6.45) is 3.47. The van der Waals surface area contributed by atoms with Crippen LogP contribution in [0.25, 0.3) is 15.3 Å². The van der Waals surface area contributed by atoms with E-state index in [9.17, 15) is 8.42 Å². The van der Waals surface area contributed by atoms with Crippen LogP contribution in [-0.2, 0) is 20.3 Å². The maximum Gasteiger partial charge on any atom is 0.245 e. The first-order chi connectivity index (χ1) is 13.3. The molecule has 4 heterocycles. The first kappa shape index (κ1) is 19.1. The van der Waals surface area contributed by atoms with Crippen molar-refractivity contribution in [1.29, 1.82) is 0 Å². The van der Waals surface area contributed by atoms with Crippen molar-refractivity contribution in [2.45, 2.75) is 17.2 Å². The number of halogens is 1. The zero-order chi connectivity index (χ0) is 20.1. The van der Waals surface area contributed by atoms with Gasteiger partial charge in [0.05, 0.1) is 23.1 Å². The van der Waals surface area contributed by atoms with Gasteiger partial charge in [-0.1, -0.05) is 11.6 Å². The number of aromatic nitrogens is 1. The number of nitrogens with zero attached hydrogens (tertiary/aromatic N) is 4. The van der Waals surface area contributed by atoms with Gasteiger partial charge in [0.2, 0.25) is 21.7 Å². The molecule has 2 aliphatic heterocycles. The topological polar surface area (TPSA) is 102 Å². The van der Waals surface area contributed by atoms with Crippen LogP contribution in [0.5, 0.6) is 0 Å². The van der Waals surface area contributed by atoms with Crippen LogP contribution in [0.2, 0.25) is 5.02 Å². The van der Waals surface area contributed by atoms with Crippen LogP contribution in [0.1, 0.15) is 11.3 Å². The monoisotopic (exact) mass is 437 g/mol. The van der Waals surface area contributed by atoms with E-state index in [1.165, 1.54) is 24.6 Å². The van der Waals surface area contributed by atoms with Gasteiger partial charge in [0.25, 0.3) is 0 Å². The molecule has 4 rings (SSSR count). The number of thiophene rings is 1. The van der Waals surface area contributed by atoms with E-state index in [2.05, 4.69) is 14.8 Å². The molecule has 0 spiro atoms. The number of hydrogen-bond donors (Lipinski definition) is 1. The number of aliphatic imine (C=N–C) groups is 1. The number of ether oxygens (including phenoxy) is 1. The molecular weight excluding hydrogens is 422 g/mol. The molecule has 0 radical (unpaired) electrons. The van der Waals surface area contributed by atoms with Gasteiger partial charge in [-0.2, -0.15) is 0 Å². The highest BCUT2D eigenvalue weighted by atomic mass is 35.5. The Labute approximate surface area is 171 Å². The number of fused-ring (bicyclic) bond motifs is 1. The molecule has 8 nitrogen and oxygen atoms in total. The SMILES string of the molecule is [C-]#[N+]c1cncc(-c2cc(Cl)c([C@]34CCOCC3S(=O)(=O)N(C)C(N)=N4)s2)c1. The van der Waals surface area contributed by atoms with Gasteiger partial charge in [-0.05, 0) is 17.7 Å². The Morgan fingerprint density at radius 1 is 1.46 bits per heavy atom. The van der Waals surface area contributed by atoms with Crippen molar-refractivity contribution in [2.24, 2.45) is 10.7 Å². The fraction of sp³-hybridized carbons (Fsp3) is 0.353. The number of nitrogens with two attached hydrogens (primary N) is 1. The summed E-state index contributed by atoms with van der Waals surface area (Å²) < 4.78 is 32.5. The average molecular weight is 438 g/mol. The van der Waals surface area contributed by atoms with Gasteiger partial charge in [0, 0.05) is 37.3 Å². The number of guanidine groups is 1. The van der Waals surface area contributed by atoms with Gasteiger partial charge in [-0.25, -0.2) is 22.6 Å². The summed E-state index contributed by atoms with van der Waals surface area (Å²) in [6.45, 7) is 7.53. The lowest BCUT2D eigenvalue weighted by Gasteiger charge is -2.45. The molecule has 0 saturated carbocycles. The number of rotatable bonds is 2. The van der Waals surface area contributed by atoms with Crippen molar-refractivity contribution >= 4 is 44.6 Å². The lowest BCUT2D eigenvalue weighted by Crippen LogP contribution is -2.60. The summed E-state index contributed by atoms with van der Waals surface area (Å²) in [4.78, 5) is 13.5. The molecule has 1 fully saturated rings. The van der Waals surface area contributed by atoms with Crippen LogP contribution >= 0.6 is 22.9 Å². The number of pyridine rings is 1. The molecule has 1 saturated heterocycles. The van der Waals surface area contributed by atoms with Crippen LogP contribution in [0.4, 0.5) is 5.69 Å². The minimum Gasteiger partial charge on any atom is -0.380 e. The molecule has 1 unspecified atom stereocenters. The quantitative estimate of drug-likeness (QED) is 0.727. The molecular formula is C17H16ClN5O3S2. The van der Waals surface area contributed by atoms with Crippen LogP contribution in [0.3, 0.4) is 0 Å². The van der Waals surface area contributed by atoms with Gasteiger partial charge < -0.3 is 10.5 Å². The van der Waals surface area contributed by atoms with Gasteiger partial charge >= 0.3 is 0 Å². The second-order valence-corrected chi connectivity index (χ2v) is 10.2. The van der Waals surface area contributed by atoms with Gasteiger partial charge in [-0.15, -0.1) is 11.3 Å². The molecule has 11 heteroatoms. The van der Waals surface area contributed by atoms with E-state index in [-0.39, 0.29) is 12.6 Å². The molecule has 2 N–H and O–H groups in total. The van der Waals surface area contributed by atoms with E-state index in [0.717, 1.165) is 14.7 Å². The van der Waals surface area contributed by atoms with Crippen LogP contribution in [0.15, 0.2) is 29.5 Å². The van der Waals surface area contributed by atoms with Crippen LogP contribution < -0.4 is 5.73 Å². The third kappa shape index (κ3) is 2.78. The van der Waals surface area contributed by atoms with E-state index in [0.29, 0.717) is 28.6 Å². The summed E-state index contributed by atoms with van der Waals surface area (Å²) >= 11 is 7.91. The van der Waals surface area contributed by atoms with Gasteiger partial charge in [-0.3, -0.25) is 4.98 Å². The first-order valence-electron chi connectivity index (χ1n) is 8.33. The second-order valence-electron chi connectivity index (χ2n) is 6.55. The van der Waals surface area contributed by atoms with Gasteiger partial charge in [0.15, 0.2) is 0 Å². The molecule has 0 amide bonds. The molecule has 2 aliphatic rings. The Kier molecular flexibility index (Phi) is 4.58. The number of sulfonamides is 1. The molecule has 0 bridgehead atoms. The maximum absolute atomic E-state index is 13.0. The van der Waals surface area contributed by atoms with Crippen molar-refractivity contribution in [3.05, 3.63) is 45.8 Å². The Morgan fingerprint density at radius 3 is 3.00 bits per heavy atom. The van der Waals surface area contributed by atoms with E-state index in [1.807, 2.05) is 0 Å². The molecule has 146 valence electrons. The highest BCUT2D eigenvalue weighted by molar-refractivity contribution is 7.90.